The molecule has 1 atom stereocenters. The Hall–Kier alpha value is -3.25. The van der Waals surface area contributed by atoms with E-state index < -0.39 is 0 Å². The number of pyridine rings is 1. The summed E-state index contributed by atoms with van der Waals surface area (Å²) in [4.78, 5) is 22.3. The molecule has 140 valence electrons. The second kappa shape index (κ2) is 7.78. The second-order valence-electron chi connectivity index (χ2n) is 6.44. The van der Waals surface area contributed by atoms with E-state index in [1.165, 1.54) is 11.3 Å². The maximum Gasteiger partial charge on any atom is 0.264 e. The minimum atomic E-state index is -0.271. The molecule has 5 nitrogen and oxygen atoms in total. The van der Waals surface area contributed by atoms with Crippen LogP contribution in [0.1, 0.15) is 38.3 Å². The number of carbonyl (C=O) groups excluding carboxylic acids is 1. The zero-order valence-corrected chi connectivity index (χ0v) is 16.4. The third-order valence-corrected chi connectivity index (χ3v) is 5.57. The molecule has 0 radical (unpaired) electrons. The number of thiazole rings is 1. The summed E-state index contributed by atoms with van der Waals surface area (Å²) in [6, 6.07) is 17.2. The van der Waals surface area contributed by atoms with Crippen LogP contribution in [0.5, 0.6) is 0 Å². The predicted octanol–water partition coefficient (Wildman–Crippen LogP) is 4.93. The third kappa shape index (κ3) is 3.73. The first-order chi connectivity index (χ1) is 13.6. The molecule has 4 rings (SSSR count). The van der Waals surface area contributed by atoms with Crippen molar-refractivity contribution >= 4 is 17.2 Å². The van der Waals surface area contributed by atoms with Gasteiger partial charge in [-0.3, -0.25) is 9.78 Å². The van der Waals surface area contributed by atoms with Crippen molar-refractivity contribution in [2.24, 2.45) is 0 Å². The van der Waals surface area contributed by atoms with Gasteiger partial charge in [-0.1, -0.05) is 30.3 Å². The molecule has 1 N–H and O–H groups in total. The van der Waals surface area contributed by atoms with Gasteiger partial charge in [0.25, 0.3) is 5.91 Å². The molecule has 28 heavy (non-hydrogen) atoms. The van der Waals surface area contributed by atoms with Gasteiger partial charge in [0, 0.05) is 12.4 Å². The molecule has 1 unspecified atom stereocenters. The van der Waals surface area contributed by atoms with E-state index in [0.29, 0.717) is 21.3 Å². The van der Waals surface area contributed by atoms with Crippen LogP contribution in [0.4, 0.5) is 0 Å². The summed E-state index contributed by atoms with van der Waals surface area (Å²) in [6.45, 7) is 3.73. The lowest BCUT2D eigenvalue weighted by molar-refractivity contribution is 0.0946. The standard InChI is InChI=1S/C22H19N3O2S/c1-14-8-9-18(27-14)22-24-15(2)20(28-22)21(26)25-19(16-6-4-3-5-7-16)17-10-12-23-13-11-17/h3-13,19H,1-2H3,(H,25,26). The van der Waals surface area contributed by atoms with E-state index in [0.717, 1.165) is 16.9 Å². The molecule has 4 aromatic rings. The van der Waals surface area contributed by atoms with Crippen molar-refractivity contribution in [2.45, 2.75) is 19.9 Å². The number of nitrogens with one attached hydrogen (secondary N) is 1. The maximum atomic E-state index is 13.1. The molecular weight excluding hydrogens is 370 g/mol. The van der Waals surface area contributed by atoms with Crippen molar-refractivity contribution in [2.75, 3.05) is 0 Å². The first-order valence-corrected chi connectivity index (χ1v) is 9.73. The summed E-state index contributed by atoms with van der Waals surface area (Å²) < 4.78 is 5.65. The first kappa shape index (κ1) is 18.1. The lowest BCUT2D eigenvalue weighted by Gasteiger charge is -2.19. The van der Waals surface area contributed by atoms with Crippen molar-refractivity contribution in [3.63, 3.8) is 0 Å². The molecule has 0 aliphatic heterocycles. The summed E-state index contributed by atoms with van der Waals surface area (Å²) >= 11 is 1.34. The Morgan fingerprint density at radius 2 is 1.71 bits per heavy atom. The Morgan fingerprint density at radius 3 is 2.39 bits per heavy atom. The molecule has 0 saturated heterocycles. The summed E-state index contributed by atoms with van der Waals surface area (Å²) in [5.74, 6) is 1.34. The van der Waals surface area contributed by atoms with Gasteiger partial charge in [0.2, 0.25) is 0 Å². The highest BCUT2D eigenvalue weighted by molar-refractivity contribution is 7.17. The number of carbonyl (C=O) groups is 1. The first-order valence-electron chi connectivity index (χ1n) is 8.92. The van der Waals surface area contributed by atoms with Crippen LogP contribution in [0, 0.1) is 13.8 Å². The number of aryl methyl sites for hydroxylation is 2. The topological polar surface area (TPSA) is 68.0 Å². The Balaban J connectivity index is 1.64. The Labute approximate surface area is 167 Å². The number of nitrogens with zero attached hydrogens (tertiary/aromatic N) is 2. The molecule has 0 fully saturated rings. The van der Waals surface area contributed by atoms with Gasteiger partial charge in [-0.25, -0.2) is 4.98 Å². The highest BCUT2D eigenvalue weighted by Gasteiger charge is 2.22. The van der Waals surface area contributed by atoms with E-state index in [1.807, 2.05) is 68.4 Å². The minimum Gasteiger partial charge on any atom is -0.459 e. The van der Waals surface area contributed by atoms with Gasteiger partial charge in [-0.2, -0.15) is 0 Å². The van der Waals surface area contributed by atoms with E-state index in [4.69, 9.17) is 4.42 Å². The Morgan fingerprint density at radius 1 is 1.00 bits per heavy atom. The van der Waals surface area contributed by atoms with Crippen LogP contribution in [-0.2, 0) is 0 Å². The number of amides is 1. The number of furan rings is 1. The second-order valence-corrected chi connectivity index (χ2v) is 7.44. The molecule has 6 heteroatoms. The Kier molecular flexibility index (Phi) is 5.04. The molecule has 0 bridgehead atoms. The lowest BCUT2D eigenvalue weighted by atomic mass is 9.99. The Bertz CT molecular complexity index is 1050. The fourth-order valence-corrected chi connectivity index (χ4v) is 3.95. The van der Waals surface area contributed by atoms with Gasteiger partial charge in [0.1, 0.15) is 10.6 Å². The van der Waals surface area contributed by atoms with Crippen molar-refractivity contribution in [1.82, 2.24) is 15.3 Å². The largest absolute Gasteiger partial charge is 0.459 e. The van der Waals surface area contributed by atoms with Crippen molar-refractivity contribution in [1.29, 1.82) is 0 Å². The van der Waals surface area contributed by atoms with Crippen LogP contribution in [0.2, 0.25) is 0 Å². The van der Waals surface area contributed by atoms with Crippen molar-refractivity contribution in [3.05, 3.63) is 94.4 Å². The SMILES string of the molecule is Cc1ccc(-c2nc(C)c(C(=O)NC(c3ccccc3)c3ccncc3)s2)o1. The molecule has 1 aromatic carbocycles. The summed E-state index contributed by atoms with van der Waals surface area (Å²) in [7, 11) is 0. The van der Waals surface area contributed by atoms with Gasteiger partial charge in [-0.15, -0.1) is 11.3 Å². The van der Waals surface area contributed by atoms with Gasteiger partial charge < -0.3 is 9.73 Å². The number of benzene rings is 1. The highest BCUT2D eigenvalue weighted by Crippen LogP contribution is 2.30. The zero-order chi connectivity index (χ0) is 19.5. The van der Waals surface area contributed by atoms with Gasteiger partial charge in [-0.05, 0) is 49.2 Å². The fraction of sp³-hybridized carbons (Fsp3) is 0.136. The van der Waals surface area contributed by atoms with Crippen LogP contribution < -0.4 is 5.32 Å². The summed E-state index contributed by atoms with van der Waals surface area (Å²) in [5.41, 5.74) is 2.66. The van der Waals surface area contributed by atoms with Crippen LogP contribution in [0.3, 0.4) is 0 Å². The van der Waals surface area contributed by atoms with E-state index in [1.54, 1.807) is 12.4 Å². The summed E-state index contributed by atoms with van der Waals surface area (Å²) in [6.07, 6.45) is 3.46. The van der Waals surface area contributed by atoms with E-state index in [-0.39, 0.29) is 11.9 Å². The molecule has 0 aliphatic rings. The average Bonchev–Trinajstić information content (AvgIpc) is 3.33. The van der Waals surface area contributed by atoms with Gasteiger partial charge in [0.05, 0.1) is 11.7 Å². The average molecular weight is 389 g/mol. The lowest BCUT2D eigenvalue weighted by Crippen LogP contribution is -2.29. The fourth-order valence-electron chi connectivity index (χ4n) is 3.02. The quantitative estimate of drug-likeness (QED) is 0.525. The van der Waals surface area contributed by atoms with E-state index in [2.05, 4.69) is 15.3 Å². The third-order valence-electron chi connectivity index (χ3n) is 4.40. The van der Waals surface area contributed by atoms with Crippen molar-refractivity contribution in [3.8, 4) is 10.8 Å². The van der Waals surface area contributed by atoms with Gasteiger partial charge in [0.15, 0.2) is 10.8 Å². The molecule has 1 amide bonds. The monoisotopic (exact) mass is 389 g/mol. The van der Waals surface area contributed by atoms with Crippen LogP contribution in [-0.4, -0.2) is 15.9 Å². The van der Waals surface area contributed by atoms with Crippen molar-refractivity contribution < 1.29 is 9.21 Å². The summed E-state index contributed by atoms with van der Waals surface area (Å²) in [5, 5.41) is 3.85. The molecule has 0 saturated carbocycles. The number of hydrogen-bond acceptors (Lipinski definition) is 5. The predicted molar refractivity (Wildman–Crippen MR) is 109 cm³/mol. The molecule has 3 aromatic heterocycles. The van der Waals surface area contributed by atoms with Crippen LogP contribution >= 0.6 is 11.3 Å². The van der Waals surface area contributed by atoms with E-state index >= 15 is 0 Å². The molecule has 0 aliphatic carbocycles. The van der Waals surface area contributed by atoms with Crippen LogP contribution in [0.25, 0.3) is 10.8 Å². The zero-order valence-electron chi connectivity index (χ0n) is 15.5. The molecule has 3 heterocycles. The molecular formula is C22H19N3O2S. The minimum absolute atomic E-state index is 0.157. The maximum absolute atomic E-state index is 13.1. The molecule has 0 spiro atoms. The highest BCUT2D eigenvalue weighted by atomic mass is 32.1. The number of rotatable bonds is 5. The number of hydrogen-bond donors (Lipinski definition) is 1. The smallest absolute Gasteiger partial charge is 0.264 e. The van der Waals surface area contributed by atoms with E-state index in [9.17, 15) is 4.79 Å². The van der Waals surface area contributed by atoms with Gasteiger partial charge >= 0.3 is 0 Å². The normalized spacial score (nSPS) is 11.9. The number of aromatic nitrogens is 2. The van der Waals surface area contributed by atoms with Crippen LogP contribution in [0.15, 0.2) is 71.4 Å².